The second kappa shape index (κ2) is 8.47. The molecular formula is C23H30N2O2. The molecule has 1 saturated heterocycles. The third kappa shape index (κ3) is 4.44. The molecular weight excluding hydrogens is 336 g/mol. The normalized spacial score (nSPS) is 17.1. The molecule has 4 heteroatoms. The highest BCUT2D eigenvalue weighted by atomic mass is 16.5. The second-order valence-corrected chi connectivity index (χ2v) is 7.75. The van der Waals surface area contributed by atoms with Crippen LogP contribution in [-0.4, -0.2) is 12.5 Å². The van der Waals surface area contributed by atoms with E-state index in [0.717, 1.165) is 40.8 Å². The van der Waals surface area contributed by atoms with E-state index in [2.05, 4.69) is 48.1 Å². The van der Waals surface area contributed by atoms with E-state index in [0.29, 0.717) is 0 Å². The summed E-state index contributed by atoms with van der Waals surface area (Å²) in [6.07, 6.45) is 8.24. The Morgan fingerprint density at radius 1 is 1.04 bits per heavy atom. The number of fused-ring (bicyclic) bond motifs is 1. The van der Waals surface area contributed by atoms with Crippen LogP contribution in [0.5, 0.6) is 5.75 Å². The molecule has 0 spiro atoms. The number of hydrogen-bond acceptors (Lipinski definition) is 3. The van der Waals surface area contributed by atoms with E-state index in [-0.39, 0.29) is 5.91 Å². The van der Waals surface area contributed by atoms with Crippen LogP contribution >= 0.6 is 0 Å². The van der Waals surface area contributed by atoms with Gasteiger partial charge >= 0.3 is 0 Å². The molecule has 2 aromatic rings. The second-order valence-electron chi connectivity index (χ2n) is 7.75. The average Bonchev–Trinajstić information content (AvgIpc) is 2.91. The maximum Gasteiger partial charge on any atom is 0.249 e. The number of hydrazine groups is 1. The molecule has 27 heavy (non-hydrogen) atoms. The Balaban J connectivity index is 1.73. The van der Waals surface area contributed by atoms with E-state index >= 15 is 0 Å². The largest absolute Gasteiger partial charge is 0.494 e. The van der Waals surface area contributed by atoms with Gasteiger partial charge in [-0.1, -0.05) is 56.9 Å². The number of nitrogens with one attached hydrogen (secondary N) is 2. The van der Waals surface area contributed by atoms with Crippen LogP contribution in [0.25, 0.3) is 16.8 Å². The van der Waals surface area contributed by atoms with Crippen molar-refractivity contribution in [3.8, 4) is 5.75 Å². The van der Waals surface area contributed by atoms with Gasteiger partial charge in [-0.3, -0.25) is 10.2 Å². The molecule has 0 aromatic heterocycles. The van der Waals surface area contributed by atoms with E-state index < -0.39 is 5.41 Å². The monoisotopic (exact) mass is 366 g/mol. The third-order valence-corrected chi connectivity index (χ3v) is 5.25. The van der Waals surface area contributed by atoms with Gasteiger partial charge in [0.05, 0.1) is 12.0 Å². The maximum absolute atomic E-state index is 12.0. The molecule has 0 aliphatic carbocycles. The standard InChI is InChI=1S/C23H30N2O2/c1-4-5-6-7-8-14-27-19-12-13-20-17(15-19)10-9-11-18(20)16-21-23(2,3)22(26)25-24-21/h9-13,15-16,24H,4-8,14H2,1-3H3,(H,25,26)/b21-16-. The summed E-state index contributed by atoms with van der Waals surface area (Å²) >= 11 is 0. The number of ether oxygens (including phenoxy) is 1. The number of unbranched alkanes of at least 4 members (excludes halogenated alkanes) is 4. The summed E-state index contributed by atoms with van der Waals surface area (Å²) in [6, 6.07) is 12.4. The number of hydrogen-bond donors (Lipinski definition) is 2. The Kier molecular flexibility index (Phi) is 6.04. The van der Waals surface area contributed by atoms with Crippen LogP contribution in [0.15, 0.2) is 42.1 Å². The van der Waals surface area contributed by atoms with Crippen LogP contribution in [0.4, 0.5) is 0 Å². The Morgan fingerprint density at radius 3 is 2.59 bits per heavy atom. The van der Waals surface area contributed by atoms with Gasteiger partial charge in [0.2, 0.25) is 5.91 Å². The minimum absolute atomic E-state index is 0.0105. The minimum atomic E-state index is -0.553. The Labute approximate surface area is 162 Å². The van der Waals surface area contributed by atoms with Crippen LogP contribution in [0.3, 0.4) is 0 Å². The first-order valence-electron chi connectivity index (χ1n) is 9.96. The number of rotatable bonds is 8. The van der Waals surface area contributed by atoms with Gasteiger partial charge in [-0.15, -0.1) is 0 Å². The lowest BCUT2D eigenvalue weighted by atomic mass is 9.88. The highest BCUT2D eigenvalue weighted by molar-refractivity contribution is 5.94. The van der Waals surface area contributed by atoms with Crippen molar-refractivity contribution in [2.24, 2.45) is 5.41 Å². The molecule has 144 valence electrons. The van der Waals surface area contributed by atoms with Crippen molar-refractivity contribution in [3.05, 3.63) is 47.7 Å². The lowest BCUT2D eigenvalue weighted by molar-refractivity contribution is -0.125. The van der Waals surface area contributed by atoms with Crippen LogP contribution < -0.4 is 15.6 Å². The van der Waals surface area contributed by atoms with Crippen LogP contribution in [0.1, 0.15) is 58.4 Å². The summed E-state index contributed by atoms with van der Waals surface area (Å²) in [5.74, 6) is 0.905. The molecule has 1 amide bonds. The molecule has 3 rings (SSSR count). The zero-order chi connectivity index (χ0) is 19.3. The van der Waals surface area contributed by atoms with Crippen molar-refractivity contribution in [1.29, 1.82) is 0 Å². The molecule has 1 aliphatic heterocycles. The van der Waals surface area contributed by atoms with E-state index in [9.17, 15) is 4.79 Å². The fraction of sp³-hybridized carbons (Fsp3) is 0.435. The maximum atomic E-state index is 12.0. The summed E-state index contributed by atoms with van der Waals surface area (Å²) in [4.78, 5) is 12.0. The smallest absolute Gasteiger partial charge is 0.249 e. The first-order chi connectivity index (χ1) is 13.0. The fourth-order valence-corrected chi connectivity index (χ4v) is 3.33. The molecule has 1 aliphatic rings. The van der Waals surface area contributed by atoms with Crippen molar-refractivity contribution in [2.75, 3.05) is 6.61 Å². The summed E-state index contributed by atoms with van der Waals surface area (Å²) in [5.41, 5.74) is 7.13. The predicted molar refractivity (Wildman–Crippen MR) is 111 cm³/mol. The molecule has 0 atom stereocenters. The first kappa shape index (κ1) is 19.3. The molecule has 4 nitrogen and oxygen atoms in total. The van der Waals surface area contributed by atoms with Crippen LogP contribution in [0.2, 0.25) is 0 Å². The molecule has 1 fully saturated rings. The van der Waals surface area contributed by atoms with Gasteiger partial charge in [-0.05, 0) is 54.8 Å². The van der Waals surface area contributed by atoms with Crippen molar-refractivity contribution in [1.82, 2.24) is 10.9 Å². The van der Waals surface area contributed by atoms with Crippen molar-refractivity contribution in [2.45, 2.75) is 52.9 Å². The van der Waals surface area contributed by atoms with Gasteiger partial charge in [-0.2, -0.15) is 0 Å². The topological polar surface area (TPSA) is 50.4 Å². The van der Waals surface area contributed by atoms with E-state index in [4.69, 9.17) is 4.74 Å². The molecule has 1 heterocycles. The van der Waals surface area contributed by atoms with Crippen molar-refractivity contribution in [3.63, 3.8) is 0 Å². The highest BCUT2D eigenvalue weighted by Gasteiger charge is 2.37. The molecule has 0 bridgehead atoms. The SMILES string of the molecule is CCCCCCCOc1ccc2c(/C=C3\NNC(=O)C3(C)C)cccc2c1. The zero-order valence-corrected chi connectivity index (χ0v) is 16.6. The Morgan fingerprint density at radius 2 is 1.85 bits per heavy atom. The average molecular weight is 367 g/mol. The van der Waals surface area contributed by atoms with Gasteiger partial charge < -0.3 is 10.2 Å². The predicted octanol–water partition coefficient (Wildman–Crippen LogP) is 5.19. The number of carbonyl (C=O) groups excluding carboxylic acids is 1. The number of benzene rings is 2. The van der Waals surface area contributed by atoms with E-state index in [1.807, 2.05) is 26.0 Å². The van der Waals surface area contributed by atoms with Gasteiger partial charge in [0, 0.05) is 5.70 Å². The molecule has 0 saturated carbocycles. The zero-order valence-electron chi connectivity index (χ0n) is 16.6. The molecule has 0 unspecified atom stereocenters. The number of carbonyl (C=O) groups is 1. The van der Waals surface area contributed by atoms with Crippen LogP contribution in [0, 0.1) is 5.41 Å². The Bertz CT molecular complexity index is 839. The fourth-order valence-electron chi connectivity index (χ4n) is 3.33. The van der Waals surface area contributed by atoms with E-state index in [1.165, 1.54) is 25.7 Å². The molecule has 2 aromatic carbocycles. The lowest BCUT2D eigenvalue weighted by Gasteiger charge is -2.15. The quantitative estimate of drug-likeness (QED) is 0.632. The number of amides is 1. The molecule has 0 radical (unpaired) electrons. The first-order valence-corrected chi connectivity index (χ1v) is 9.96. The minimum Gasteiger partial charge on any atom is -0.494 e. The summed E-state index contributed by atoms with van der Waals surface area (Å²) in [5, 5.41) is 2.29. The van der Waals surface area contributed by atoms with Crippen LogP contribution in [-0.2, 0) is 4.79 Å². The van der Waals surface area contributed by atoms with Gasteiger partial charge in [0.1, 0.15) is 5.75 Å². The summed E-state index contributed by atoms with van der Waals surface area (Å²) < 4.78 is 5.93. The summed E-state index contributed by atoms with van der Waals surface area (Å²) in [6.45, 7) is 6.84. The summed E-state index contributed by atoms with van der Waals surface area (Å²) in [7, 11) is 0. The van der Waals surface area contributed by atoms with Gasteiger partial charge in [-0.25, -0.2) is 0 Å². The van der Waals surface area contributed by atoms with Gasteiger partial charge in [0.15, 0.2) is 0 Å². The third-order valence-electron chi connectivity index (χ3n) is 5.25. The molecule has 2 N–H and O–H groups in total. The van der Waals surface area contributed by atoms with Gasteiger partial charge in [0.25, 0.3) is 0 Å². The van der Waals surface area contributed by atoms with Crippen molar-refractivity contribution < 1.29 is 9.53 Å². The Hall–Kier alpha value is -2.49. The lowest BCUT2D eigenvalue weighted by Crippen LogP contribution is -2.28. The highest BCUT2D eigenvalue weighted by Crippen LogP contribution is 2.32. The van der Waals surface area contributed by atoms with Crippen molar-refractivity contribution >= 4 is 22.8 Å². The van der Waals surface area contributed by atoms with E-state index in [1.54, 1.807) is 0 Å².